The predicted molar refractivity (Wildman–Crippen MR) is 97.6 cm³/mol. The number of rotatable bonds is 7. The van der Waals surface area contributed by atoms with E-state index in [0.29, 0.717) is 22.6 Å². The smallest absolute Gasteiger partial charge is 0.194 e. The topological polar surface area (TPSA) is 48.4 Å². The van der Waals surface area contributed by atoms with E-state index in [1.165, 1.54) is 7.11 Å². The molecule has 0 spiro atoms. The van der Waals surface area contributed by atoms with Gasteiger partial charge in [0, 0.05) is 11.6 Å². The molecule has 0 unspecified atom stereocenters. The number of halogens is 1. The molecule has 4 nitrogen and oxygen atoms in total. The number of carbonyl (C=O) groups excluding carboxylic acids is 1. The molecule has 0 radical (unpaired) electrons. The molecule has 0 aliphatic heterocycles. The van der Waals surface area contributed by atoms with Crippen molar-refractivity contribution in [1.29, 1.82) is 0 Å². The summed E-state index contributed by atoms with van der Waals surface area (Å²) in [6.07, 6.45) is 3.15. The Kier molecular flexibility index (Phi) is 5.78. The molecule has 0 aliphatic carbocycles. The Hall–Kier alpha value is -2.14. The van der Waals surface area contributed by atoms with Crippen molar-refractivity contribution in [2.75, 3.05) is 7.11 Å². The number of pyridine rings is 1. The van der Waals surface area contributed by atoms with Gasteiger partial charge in [-0.2, -0.15) is 0 Å². The fraction of sp³-hybridized carbons (Fsp3) is 0.263. The van der Waals surface area contributed by atoms with Crippen molar-refractivity contribution >= 4 is 21.7 Å². The van der Waals surface area contributed by atoms with Crippen LogP contribution < -0.4 is 9.47 Å². The average Bonchev–Trinajstić information content (AvgIpc) is 2.60. The van der Waals surface area contributed by atoms with Crippen LogP contribution in [0.25, 0.3) is 0 Å². The number of Topliss-reactive ketones (excluding diaryl/α,β-unsaturated/α-hetero) is 1. The highest BCUT2D eigenvalue weighted by Gasteiger charge is 2.31. The molecule has 2 rings (SSSR count). The van der Waals surface area contributed by atoms with Crippen LogP contribution in [0.3, 0.4) is 0 Å². The third-order valence-electron chi connectivity index (χ3n) is 3.69. The Morgan fingerprint density at radius 2 is 1.96 bits per heavy atom. The molecule has 0 fully saturated rings. The summed E-state index contributed by atoms with van der Waals surface area (Å²) in [5, 5.41) is 0. The molecular formula is C19H20BrNO3. The van der Waals surface area contributed by atoms with E-state index in [9.17, 15) is 4.79 Å². The third-order valence-corrected chi connectivity index (χ3v) is 4.25. The molecule has 0 atom stereocenters. The first-order chi connectivity index (χ1) is 11.4. The monoisotopic (exact) mass is 389 g/mol. The molecule has 5 heteroatoms. The Bertz CT molecular complexity index is 742. The van der Waals surface area contributed by atoms with Crippen LogP contribution in [0.4, 0.5) is 0 Å². The molecule has 0 aliphatic rings. The molecule has 1 heterocycles. The van der Waals surface area contributed by atoms with Gasteiger partial charge < -0.3 is 9.47 Å². The van der Waals surface area contributed by atoms with Crippen molar-refractivity contribution in [1.82, 2.24) is 4.98 Å². The molecule has 0 amide bonds. The summed E-state index contributed by atoms with van der Waals surface area (Å²) in [6, 6.07) is 9.77. The number of allylic oxidation sites excluding steroid dienone is 1. The Morgan fingerprint density at radius 3 is 2.54 bits per heavy atom. The number of nitrogens with zero attached hydrogens (tertiary/aromatic N) is 1. The van der Waals surface area contributed by atoms with Gasteiger partial charge in [-0.15, -0.1) is 6.58 Å². The molecule has 2 aromatic rings. The maximum absolute atomic E-state index is 12.7. The van der Waals surface area contributed by atoms with Crippen molar-refractivity contribution in [3.63, 3.8) is 0 Å². The Labute approximate surface area is 150 Å². The lowest BCUT2D eigenvalue weighted by atomic mass is 9.86. The second-order valence-corrected chi connectivity index (χ2v) is 6.70. The van der Waals surface area contributed by atoms with Crippen LogP contribution in [0.2, 0.25) is 0 Å². The van der Waals surface area contributed by atoms with Gasteiger partial charge in [-0.3, -0.25) is 4.79 Å². The number of ketones is 1. The van der Waals surface area contributed by atoms with Gasteiger partial charge >= 0.3 is 0 Å². The largest absolute Gasteiger partial charge is 0.491 e. The molecule has 126 valence electrons. The number of aromatic nitrogens is 1. The summed E-state index contributed by atoms with van der Waals surface area (Å²) >= 11 is 3.41. The maximum Gasteiger partial charge on any atom is 0.194 e. The molecule has 1 aromatic carbocycles. The van der Waals surface area contributed by atoms with E-state index in [1.807, 2.05) is 30.3 Å². The maximum atomic E-state index is 12.7. The summed E-state index contributed by atoms with van der Waals surface area (Å²) in [5.41, 5.74) is 0.501. The number of carbonyl (C=O) groups is 1. The zero-order valence-corrected chi connectivity index (χ0v) is 15.6. The van der Waals surface area contributed by atoms with Crippen molar-refractivity contribution in [2.24, 2.45) is 5.41 Å². The van der Waals surface area contributed by atoms with Crippen LogP contribution in [-0.2, 0) is 6.61 Å². The first kappa shape index (κ1) is 18.2. The summed E-state index contributed by atoms with van der Waals surface area (Å²) < 4.78 is 12.0. The Balaban J connectivity index is 2.39. The lowest BCUT2D eigenvalue weighted by Crippen LogP contribution is -2.23. The van der Waals surface area contributed by atoms with Gasteiger partial charge in [0.1, 0.15) is 6.61 Å². The molecular weight excluding hydrogens is 370 g/mol. The lowest BCUT2D eigenvalue weighted by molar-refractivity contribution is 0.0876. The minimum absolute atomic E-state index is 0.175. The normalized spacial score (nSPS) is 11.0. The predicted octanol–water partition coefficient (Wildman–Crippen LogP) is 4.83. The first-order valence-corrected chi connectivity index (χ1v) is 8.27. The Morgan fingerprint density at radius 1 is 1.29 bits per heavy atom. The summed E-state index contributed by atoms with van der Waals surface area (Å²) in [6.45, 7) is 7.66. The van der Waals surface area contributed by atoms with E-state index in [4.69, 9.17) is 9.47 Å². The fourth-order valence-electron chi connectivity index (χ4n) is 2.07. The molecule has 24 heavy (non-hydrogen) atoms. The van der Waals surface area contributed by atoms with E-state index >= 15 is 0 Å². The highest BCUT2D eigenvalue weighted by Crippen LogP contribution is 2.39. The van der Waals surface area contributed by atoms with Crippen LogP contribution in [0.1, 0.15) is 29.9 Å². The summed E-state index contributed by atoms with van der Waals surface area (Å²) in [7, 11) is 1.50. The van der Waals surface area contributed by atoms with Gasteiger partial charge in [0.05, 0.1) is 11.6 Å². The quantitative estimate of drug-likeness (QED) is 0.502. The number of hydrogen-bond donors (Lipinski definition) is 0. The zero-order valence-electron chi connectivity index (χ0n) is 14.0. The number of benzene rings is 1. The van der Waals surface area contributed by atoms with Gasteiger partial charge in [0.15, 0.2) is 23.0 Å². The molecule has 0 saturated heterocycles. The molecule has 0 N–H and O–H groups in total. The number of methoxy groups -OCH3 is 1. The average molecular weight is 390 g/mol. The fourth-order valence-corrected chi connectivity index (χ4v) is 2.46. The van der Waals surface area contributed by atoms with Gasteiger partial charge in [0.2, 0.25) is 0 Å². The van der Waals surface area contributed by atoms with Crippen molar-refractivity contribution in [3.05, 3.63) is 64.9 Å². The van der Waals surface area contributed by atoms with Gasteiger partial charge in [-0.05, 0) is 35.3 Å². The van der Waals surface area contributed by atoms with Crippen LogP contribution in [0.15, 0.2) is 53.7 Å². The van der Waals surface area contributed by atoms with E-state index in [0.717, 1.165) is 5.56 Å². The summed E-state index contributed by atoms with van der Waals surface area (Å²) in [5.74, 6) is 0.603. The highest BCUT2D eigenvalue weighted by atomic mass is 79.9. The minimum atomic E-state index is -0.745. The standard InChI is InChI=1S/C19H20BrNO3/c1-5-19(2,3)18(22)15-17(23-4)16(14(20)11-21-15)24-12-13-9-7-6-8-10-13/h5-11H,1,12H2,2-4H3. The summed E-state index contributed by atoms with van der Waals surface area (Å²) in [4.78, 5) is 17.0. The van der Waals surface area contributed by atoms with E-state index in [-0.39, 0.29) is 11.5 Å². The number of hydrogen-bond acceptors (Lipinski definition) is 4. The van der Waals surface area contributed by atoms with Crippen molar-refractivity contribution < 1.29 is 14.3 Å². The van der Waals surface area contributed by atoms with Gasteiger partial charge in [-0.25, -0.2) is 4.98 Å². The first-order valence-electron chi connectivity index (χ1n) is 7.48. The molecule has 1 aromatic heterocycles. The molecule has 0 bridgehead atoms. The lowest BCUT2D eigenvalue weighted by Gasteiger charge is -2.20. The highest BCUT2D eigenvalue weighted by molar-refractivity contribution is 9.10. The van der Waals surface area contributed by atoms with Crippen LogP contribution >= 0.6 is 15.9 Å². The zero-order chi connectivity index (χ0) is 17.7. The van der Waals surface area contributed by atoms with Crippen LogP contribution in [0.5, 0.6) is 11.5 Å². The third kappa shape index (κ3) is 3.85. The van der Waals surface area contributed by atoms with E-state index < -0.39 is 5.41 Å². The number of ether oxygens (including phenoxy) is 2. The van der Waals surface area contributed by atoms with E-state index in [1.54, 1.807) is 26.1 Å². The van der Waals surface area contributed by atoms with Gasteiger partial charge in [-0.1, -0.05) is 36.4 Å². The van der Waals surface area contributed by atoms with E-state index in [2.05, 4.69) is 27.5 Å². The molecule has 0 saturated carbocycles. The minimum Gasteiger partial charge on any atom is -0.491 e. The van der Waals surface area contributed by atoms with Crippen LogP contribution in [0, 0.1) is 5.41 Å². The van der Waals surface area contributed by atoms with Crippen molar-refractivity contribution in [3.8, 4) is 11.5 Å². The second-order valence-electron chi connectivity index (χ2n) is 5.85. The van der Waals surface area contributed by atoms with Gasteiger partial charge in [0.25, 0.3) is 0 Å². The van der Waals surface area contributed by atoms with Crippen LogP contribution in [-0.4, -0.2) is 17.9 Å². The van der Waals surface area contributed by atoms with Crippen molar-refractivity contribution in [2.45, 2.75) is 20.5 Å². The second kappa shape index (κ2) is 7.62. The SMILES string of the molecule is C=CC(C)(C)C(=O)c1ncc(Br)c(OCc2ccccc2)c1OC.